The fourth-order valence-corrected chi connectivity index (χ4v) is 5.51. The summed E-state index contributed by atoms with van der Waals surface area (Å²) in [5.41, 5.74) is 1.35. The number of piperidine rings is 1. The van der Waals surface area contributed by atoms with Gasteiger partial charge in [-0.1, -0.05) is 42.5 Å². The van der Waals surface area contributed by atoms with Crippen LogP contribution in [0.15, 0.2) is 54.6 Å². The zero-order chi connectivity index (χ0) is 21.8. The van der Waals surface area contributed by atoms with Crippen LogP contribution in [-0.2, 0) is 21.4 Å². The maximum atomic E-state index is 13.8. The Hall–Kier alpha value is -2.73. The van der Waals surface area contributed by atoms with Crippen LogP contribution in [0.1, 0.15) is 37.3 Å². The Bertz CT molecular complexity index is 1020. The Morgan fingerprint density at radius 3 is 2.45 bits per heavy atom. The third-order valence-electron chi connectivity index (χ3n) is 6.27. The predicted molar refractivity (Wildman–Crippen MR) is 125 cm³/mol. The summed E-state index contributed by atoms with van der Waals surface area (Å²) < 4.78 is 1.15. The second-order valence-electron chi connectivity index (χ2n) is 8.62. The first-order valence-electron chi connectivity index (χ1n) is 10.9. The number of likely N-dealkylation sites (tertiary alicyclic amines) is 1. The van der Waals surface area contributed by atoms with E-state index in [1.54, 1.807) is 18.3 Å². The molecule has 2 amide bonds. The lowest BCUT2D eigenvalue weighted by atomic mass is 9.77. The average Bonchev–Trinajstić information content (AvgIpc) is 3.20. The van der Waals surface area contributed by atoms with E-state index in [2.05, 4.69) is 30.4 Å². The zero-order valence-electron chi connectivity index (χ0n) is 18.1. The topological polar surface area (TPSA) is 62.3 Å². The molecule has 6 heteroatoms. The number of nitrogens with one attached hydrogen (secondary N) is 1. The van der Waals surface area contributed by atoms with Crippen LogP contribution < -0.4 is 5.32 Å². The van der Waals surface area contributed by atoms with Gasteiger partial charge in [-0.2, -0.15) is 0 Å². The molecule has 0 bridgehead atoms. The number of amides is 2. The standard InChI is InChI=1S/C25H29N3O2S/c1-18(29)26-17-19-12-14-28(15-13-19)24(30)25(2,20-8-4-3-5-9-20)16-23-27-21-10-6-7-11-22(21)31-23/h3-11,19H,12-17H2,1-2H3,(H,26,29). The summed E-state index contributed by atoms with van der Waals surface area (Å²) >= 11 is 1.67. The normalized spacial score (nSPS) is 16.8. The summed E-state index contributed by atoms with van der Waals surface area (Å²) in [7, 11) is 0. The van der Waals surface area contributed by atoms with Crippen LogP contribution >= 0.6 is 11.3 Å². The molecule has 0 aliphatic carbocycles. The third-order valence-corrected chi connectivity index (χ3v) is 7.30. The Kier molecular flexibility index (Phi) is 6.37. The van der Waals surface area contributed by atoms with Crippen LogP contribution in [0, 0.1) is 5.92 Å². The molecule has 3 aromatic rings. The van der Waals surface area contributed by atoms with E-state index in [9.17, 15) is 9.59 Å². The van der Waals surface area contributed by atoms with Gasteiger partial charge in [-0.25, -0.2) is 4.98 Å². The van der Waals surface area contributed by atoms with Crippen molar-refractivity contribution in [2.24, 2.45) is 5.92 Å². The summed E-state index contributed by atoms with van der Waals surface area (Å²) in [4.78, 5) is 31.9. The Morgan fingerprint density at radius 1 is 1.10 bits per heavy atom. The number of para-hydroxylation sites is 1. The second kappa shape index (κ2) is 9.18. The van der Waals surface area contributed by atoms with Crippen molar-refractivity contribution < 1.29 is 9.59 Å². The van der Waals surface area contributed by atoms with Crippen molar-refractivity contribution >= 4 is 33.4 Å². The highest BCUT2D eigenvalue weighted by Crippen LogP contribution is 2.34. The minimum atomic E-state index is -0.667. The van der Waals surface area contributed by atoms with E-state index in [4.69, 9.17) is 4.98 Å². The van der Waals surface area contributed by atoms with Crippen LogP contribution in [0.5, 0.6) is 0 Å². The number of benzene rings is 2. The summed E-state index contributed by atoms with van der Waals surface area (Å²) in [6.07, 6.45) is 2.41. The number of aromatic nitrogens is 1. The molecule has 1 unspecified atom stereocenters. The van der Waals surface area contributed by atoms with E-state index in [0.717, 1.165) is 46.7 Å². The minimum Gasteiger partial charge on any atom is -0.356 e. The summed E-state index contributed by atoms with van der Waals surface area (Å²) in [6.45, 7) is 5.75. The number of hydrogen-bond donors (Lipinski definition) is 1. The number of fused-ring (bicyclic) bond motifs is 1. The second-order valence-corrected chi connectivity index (χ2v) is 9.74. The van der Waals surface area contributed by atoms with Gasteiger partial charge in [0.25, 0.3) is 0 Å². The maximum Gasteiger partial charge on any atom is 0.233 e. The van der Waals surface area contributed by atoms with Gasteiger partial charge >= 0.3 is 0 Å². The minimum absolute atomic E-state index is 0.00555. The van der Waals surface area contributed by atoms with Crippen LogP contribution in [0.2, 0.25) is 0 Å². The molecule has 1 aliphatic rings. The number of nitrogens with zero attached hydrogens (tertiary/aromatic N) is 2. The number of thiazole rings is 1. The smallest absolute Gasteiger partial charge is 0.233 e. The molecule has 4 rings (SSSR count). The lowest BCUT2D eigenvalue weighted by Gasteiger charge is -2.38. The Morgan fingerprint density at radius 2 is 1.77 bits per heavy atom. The lowest BCUT2D eigenvalue weighted by Crippen LogP contribution is -2.50. The summed E-state index contributed by atoms with van der Waals surface area (Å²) in [5, 5.41) is 3.90. The monoisotopic (exact) mass is 435 g/mol. The van der Waals surface area contributed by atoms with Gasteiger partial charge in [0.2, 0.25) is 11.8 Å². The molecule has 0 radical (unpaired) electrons. The number of rotatable bonds is 6. The molecule has 5 nitrogen and oxygen atoms in total. The van der Waals surface area contributed by atoms with E-state index in [0.29, 0.717) is 18.9 Å². The van der Waals surface area contributed by atoms with E-state index in [-0.39, 0.29) is 11.8 Å². The van der Waals surface area contributed by atoms with Crippen molar-refractivity contribution in [3.05, 3.63) is 65.2 Å². The maximum absolute atomic E-state index is 13.8. The molecular formula is C25H29N3O2S. The largest absolute Gasteiger partial charge is 0.356 e. The fourth-order valence-electron chi connectivity index (χ4n) is 4.38. The number of carbonyl (C=O) groups excluding carboxylic acids is 2. The lowest BCUT2D eigenvalue weighted by molar-refractivity contribution is -0.138. The quantitative estimate of drug-likeness (QED) is 0.632. The average molecular weight is 436 g/mol. The van der Waals surface area contributed by atoms with E-state index in [1.807, 2.05) is 41.3 Å². The predicted octanol–water partition coefficient (Wildman–Crippen LogP) is 4.17. The molecule has 1 N–H and O–H groups in total. The van der Waals surface area contributed by atoms with Crippen LogP contribution in [0.3, 0.4) is 0 Å². The van der Waals surface area contributed by atoms with Crippen molar-refractivity contribution in [1.82, 2.24) is 15.2 Å². The molecule has 1 aliphatic heterocycles. The van der Waals surface area contributed by atoms with Crippen LogP contribution in [-0.4, -0.2) is 41.3 Å². The Balaban J connectivity index is 1.55. The zero-order valence-corrected chi connectivity index (χ0v) is 19.0. The molecule has 162 valence electrons. The van der Waals surface area contributed by atoms with Crippen LogP contribution in [0.25, 0.3) is 10.2 Å². The molecule has 2 aromatic carbocycles. The molecule has 1 atom stereocenters. The van der Waals surface area contributed by atoms with E-state index < -0.39 is 5.41 Å². The highest BCUT2D eigenvalue weighted by molar-refractivity contribution is 7.18. The summed E-state index contributed by atoms with van der Waals surface area (Å²) in [6, 6.07) is 18.2. The van der Waals surface area contributed by atoms with Crippen molar-refractivity contribution in [3.63, 3.8) is 0 Å². The first-order chi connectivity index (χ1) is 15.0. The Labute approximate surface area is 187 Å². The van der Waals surface area contributed by atoms with Gasteiger partial charge in [0.05, 0.1) is 20.6 Å². The van der Waals surface area contributed by atoms with Gasteiger partial charge in [-0.05, 0) is 43.4 Å². The van der Waals surface area contributed by atoms with Crippen molar-refractivity contribution in [1.29, 1.82) is 0 Å². The van der Waals surface area contributed by atoms with Gasteiger partial charge in [0, 0.05) is 33.0 Å². The van der Waals surface area contributed by atoms with Gasteiger partial charge in [0.15, 0.2) is 0 Å². The van der Waals surface area contributed by atoms with Crippen molar-refractivity contribution in [3.8, 4) is 0 Å². The molecule has 31 heavy (non-hydrogen) atoms. The number of carbonyl (C=O) groups is 2. The molecule has 1 aromatic heterocycles. The first-order valence-corrected chi connectivity index (χ1v) is 11.7. The molecule has 2 heterocycles. The first kappa shape index (κ1) is 21.5. The molecule has 0 saturated carbocycles. The molecular weight excluding hydrogens is 406 g/mol. The van der Waals surface area contributed by atoms with Gasteiger partial charge in [-0.15, -0.1) is 11.3 Å². The van der Waals surface area contributed by atoms with Gasteiger partial charge in [-0.3, -0.25) is 9.59 Å². The van der Waals surface area contributed by atoms with Gasteiger partial charge < -0.3 is 10.2 Å². The highest BCUT2D eigenvalue weighted by Gasteiger charge is 2.40. The van der Waals surface area contributed by atoms with Crippen molar-refractivity contribution in [2.75, 3.05) is 19.6 Å². The third kappa shape index (κ3) is 4.79. The van der Waals surface area contributed by atoms with Crippen molar-refractivity contribution in [2.45, 2.75) is 38.5 Å². The molecule has 1 saturated heterocycles. The van der Waals surface area contributed by atoms with Crippen LogP contribution in [0.4, 0.5) is 0 Å². The summed E-state index contributed by atoms with van der Waals surface area (Å²) in [5.74, 6) is 0.599. The molecule has 0 spiro atoms. The molecule has 1 fully saturated rings. The van der Waals surface area contributed by atoms with E-state index in [1.165, 1.54) is 0 Å². The fraction of sp³-hybridized carbons (Fsp3) is 0.400. The van der Waals surface area contributed by atoms with Gasteiger partial charge in [0.1, 0.15) is 0 Å². The SMILES string of the molecule is CC(=O)NCC1CCN(C(=O)C(C)(Cc2nc3ccccc3s2)c2ccccc2)CC1. The van der Waals surface area contributed by atoms with E-state index >= 15 is 0 Å². The highest BCUT2D eigenvalue weighted by atomic mass is 32.1. The number of hydrogen-bond acceptors (Lipinski definition) is 4.